The predicted octanol–water partition coefficient (Wildman–Crippen LogP) is 8.31. The van der Waals surface area contributed by atoms with Crippen LogP contribution >= 0.6 is 0 Å². The van der Waals surface area contributed by atoms with Crippen LogP contribution in [0, 0.1) is 11.8 Å². The number of rotatable bonds is 22. The Labute approximate surface area is 242 Å². The van der Waals surface area contributed by atoms with Crippen LogP contribution in [0.25, 0.3) is 0 Å². The number of aromatic nitrogens is 1. The van der Waals surface area contributed by atoms with Gasteiger partial charge < -0.3 is 5.32 Å². The minimum atomic E-state index is -0.338. The lowest BCUT2D eigenvalue weighted by Gasteiger charge is -2.19. The molecule has 0 aliphatic heterocycles. The SMILES string of the molecule is CC/C=C\C/C=C\C/C=C\C/C=C\C/C=C\CCCC(=O)C[C@H](C(=O)NCCCC(=O)c1cccnc1)C(C)C. The molecule has 0 unspecified atom stereocenters. The Morgan fingerprint density at radius 3 is 1.98 bits per heavy atom. The Morgan fingerprint density at radius 2 is 1.43 bits per heavy atom. The summed E-state index contributed by atoms with van der Waals surface area (Å²) in [6.07, 6.45) is 33.2. The third kappa shape index (κ3) is 18.0. The Bertz CT molecular complexity index is 987. The number of unbranched alkanes of at least 4 members (excludes halogenated alkanes) is 1. The van der Waals surface area contributed by atoms with Gasteiger partial charge in [0.15, 0.2) is 5.78 Å². The van der Waals surface area contributed by atoms with E-state index in [1.165, 1.54) is 0 Å². The molecule has 0 aliphatic carbocycles. The molecule has 0 fully saturated rings. The highest BCUT2D eigenvalue weighted by Gasteiger charge is 2.24. The number of carbonyl (C=O) groups is 3. The normalized spacial score (nSPS) is 13.0. The number of amides is 1. The number of hydrogen-bond donors (Lipinski definition) is 1. The van der Waals surface area contributed by atoms with Gasteiger partial charge in [-0.05, 0) is 69.4 Å². The van der Waals surface area contributed by atoms with E-state index in [-0.39, 0.29) is 35.7 Å². The third-order valence-corrected chi connectivity index (χ3v) is 6.44. The number of nitrogens with zero attached hydrogens (tertiary/aromatic N) is 1. The van der Waals surface area contributed by atoms with Crippen LogP contribution in [0.4, 0.5) is 0 Å². The minimum Gasteiger partial charge on any atom is -0.356 e. The zero-order valence-corrected chi connectivity index (χ0v) is 24.9. The maximum absolute atomic E-state index is 12.7. The summed E-state index contributed by atoms with van der Waals surface area (Å²) < 4.78 is 0. The summed E-state index contributed by atoms with van der Waals surface area (Å²) in [4.78, 5) is 41.3. The van der Waals surface area contributed by atoms with Crippen molar-refractivity contribution >= 4 is 17.5 Å². The van der Waals surface area contributed by atoms with Crippen molar-refractivity contribution < 1.29 is 14.4 Å². The van der Waals surface area contributed by atoms with Crippen molar-refractivity contribution in [3.63, 3.8) is 0 Å². The Morgan fingerprint density at radius 1 is 0.825 bits per heavy atom. The summed E-state index contributed by atoms with van der Waals surface area (Å²) >= 11 is 0. The quantitative estimate of drug-likeness (QED) is 0.0901. The number of carbonyl (C=O) groups excluding carboxylic acids is 3. The van der Waals surface area contributed by atoms with E-state index in [2.05, 4.69) is 78.0 Å². The van der Waals surface area contributed by atoms with Gasteiger partial charge >= 0.3 is 0 Å². The molecule has 1 N–H and O–H groups in total. The molecule has 1 aromatic heterocycles. The van der Waals surface area contributed by atoms with Crippen molar-refractivity contribution in [1.82, 2.24) is 10.3 Å². The standard InChI is InChI=1S/C35H50N2O3/c1-4-5-6-7-8-9-10-11-12-13-14-15-16-17-18-19-20-24-32(38)28-33(30(2)3)35(40)37-27-22-25-34(39)31-23-21-26-36-29-31/h5-6,8-9,11-12,14-15,17-18,21,23,26,29-30,33H,4,7,10,13,16,19-20,22,24-25,27-28H2,1-3H3,(H,37,40)/b6-5-,9-8-,12-11-,15-14-,18-17-/t33-/m0/s1. The smallest absolute Gasteiger partial charge is 0.223 e. The molecule has 0 aromatic carbocycles. The fourth-order valence-electron chi connectivity index (χ4n) is 4.03. The molecular formula is C35H50N2O3. The molecule has 1 aromatic rings. The molecule has 1 heterocycles. The van der Waals surface area contributed by atoms with Crippen molar-refractivity contribution in [3.8, 4) is 0 Å². The number of allylic oxidation sites excluding steroid dienone is 10. The van der Waals surface area contributed by atoms with E-state index in [0.717, 1.165) is 44.9 Å². The topological polar surface area (TPSA) is 76.1 Å². The van der Waals surface area contributed by atoms with Crippen molar-refractivity contribution in [1.29, 1.82) is 0 Å². The summed E-state index contributed by atoms with van der Waals surface area (Å²) in [5.74, 6) is -0.212. The molecule has 5 heteroatoms. The molecule has 0 spiro atoms. The first-order valence-corrected chi connectivity index (χ1v) is 14.9. The zero-order valence-electron chi connectivity index (χ0n) is 24.9. The number of Topliss-reactive ketones (excluding diaryl/α,β-unsaturated/α-hetero) is 2. The van der Waals surface area contributed by atoms with E-state index in [1.807, 2.05) is 13.8 Å². The molecule has 0 radical (unpaired) electrons. The molecule has 1 amide bonds. The first kappa shape index (κ1) is 34.7. The molecular weight excluding hydrogens is 496 g/mol. The number of pyridine rings is 1. The van der Waals surface area contributed by atoms with Gasteiger partial charge in [-0.3, -0.25) is 19.4 Å². The summed E-state index contributed by atoms with van der Waals surface area (Å²) in [5.41, 5.74) is 0.587. The summed E-state index contributed by atoms with van der Waals surface area (Å²) in [6.45, 7) is 6.51. The number of hydrogen-bond acceptors (Lipinski definition) is 4. The molecule has 0 saturated heterocycles. The second-order valence-corrected chi connectivity index (χ2v) is 10.3. The first-order chi connectivity index (χ1) is 19.5. The average molecular weight is 547 g/mol. The van der Waals surface area contributed by atoms with Crippen LogP contribution in [0.2, 0.25) is 0 Å². The predicted molar refractivity (Wildman–Crippen MR) is 167 cm³/mol. The monoisotopic (exact) mass is 546 g/mol. The van der Waals surface area contributed by atoms with Gasteiger partial charge in [0.1, 0.15) is 5.78 Å². The van der Waals surface area contributed by atoms with Crippen LogP contribution in [0.15, 0.2) is 85.3 Å². The van der Waals surface area contributed by atoms with E-state index in [4.69, 9.17) is 0 Å². The third-order valence-electron chi connectivity index (χ3n) is 6.44. The van der Waals surface area contributed by atoms with Gasteiger partial charge in [-0.2, -0.15) is 0 Å². The molecule has 0 saturated carbocycles. The van der Waals surface area contributed by atoms with E-state index in [9.17, 15) is 14.4 Å². The van der Waals surface area contributed by atoms with Gasteiger partial charge in [-0.25, -0.2) is 0 Å². The van der Waals surface area contributed by atoms with E-state index in [0.29, 0.717) is 31.4 Å². The minimum absolute atomic E-state index is 0.0189. The largest absolute Gasteiger partial charge is 0.356 e. The first-order valence-electron chi connectivity index (χ1n) is 14.9. The summed E-state index contributed by atoms with van der Waals surface area (Å²) in [6, 6.07) is 3.48. The summed E-state index contributed by atoms with van der Waals surface area (Å²) in [5, 5.41) is 2.92. The molecule has 1 rings (SSSR count). The van der Waals surface area contributed by atoms with Crippen LogP contribution in [0.3, 0.4) is 0 Å². The molecule has 1 atom stereocenters. The second kappa shape index (κ2) is 23.5. The van der Waals surface area contributed by atoms with E-state index < -0.39 is 0 Å². The summed E-state index contributed by atoms with van der Waals surface area (Å²) in [7, 11) is 0. The Hall–Kier alpha value is -3.34. The van der Waals surface area contributed by atoms with Gasteiger partial charge in [0, 0.05) is 49.7 Å². The van der Waals surface area contributed by atoms with Gasteiger partial charge in [0.05, 0.1) is 0 Å². The molecule has 5 nitrogen and oxygen atoms in total. The molecule has 218 valence electrons. The highest BCUT2D eigenvalue weighted by Crippen LogP contribution is 2.18. The lowest BCUT2D eigenvalue weighted by atomic mass is 9.88. The highest BCUT2D eigenvalue weighted by atomic mass is 16.2. The van der Waals surface area contributed by atoms with E-state index >= 15 is 0 Å². The fourth-order valence-corrected chi connectivity index (χ4v) is 4.03. The van der Waals surface area contributed by atoms with Crippen molar-refractivity contribution in [2.24, 2.45) is 11.8 Å². The average Bonchev–Trinajstić information content (AvgIpc) is 2.95. The van der Waals surface area contributed by atoms with Crippen molar-refractivity contribution in [2.75, 3.05) is 6.54 Å². The Kier molecular flexibility index (Phi) is 20.4. The van der Waals surface area contributed by atoms with Gasteiger partial charge in [-0.15, -0.1) is 0 Å². The van der Waals surface area contributed by atoms with Crippen molar-refractivity contribution in [2.45, 2.75) is 91.4 Å². The molecule has 0 aliphatic rings. The maximum atomic E-state index is 12.7. The molecule has 40 heavy (non-hydrogen) atoms. The van der Waals surface area contributed by atoms with Gasteiger partial charge in [-0.1, -0.05) is 81.5 Å². The van der Waals surface area contributed by atoms with Gasteiger partial charge in [0.25, 0.3) is 0 Å². The van der Waals surface area contributed by atoms with Crippen LogP contribution < -0.4 is 5.32 Å². The van der Waals surface area contributed by atoms with Crippen LogP contribution in [0.1, 0.15) is 102 Å². The van der Waals surface area contributed by atoms with Crippen molar-refractivity contribution in [3.05, 3.63) is 90.9 Å². The lowest BCUT2D eigenvalue weighted by Crippen LogP contribution is -2.35. The van der Waals surface area contributed by atoms with E-state index in [1.54, 1.807) is 24.5 Å². The van der Waals surface area contributed by atoms with Crippen LogP contribution in [-0.2, 0) is 9.59 Å². The van der Waals surface area contributed by atoms with Crippen LogP contribution in [-0.4, -0.2) is 29.0 Å². The lowest BCUT2D eigenvalue weighted by molar-refractivity contribution is -0.130. The number of nitrogens with one attached hydrogen (secondary N) is 1. The Balaban J connectivity index is 2.17. The number of ketones is 2. The molecule has 0 bridgehead atoms. The zero-order chi connectivity index (χ0) is 29.3. The van der Waals surface area contributed by atoms with Crippen LogP contribution in [0.5, 0.6) is 0 Å². The highest BCUT2D eigenvalue weighted by molar-refractivity contribution is 5.95. The second-order valence-electron chi connectivity index (χ2n) is 10.3. The van der Waals surface area contributed by atoms with Gasteiger partial charge in [0.2, 0.25) is 5.91 Å². The fraction of sp³-hybridized carbons (Fsp3) is 0.486. The maximum Gasteiger partial charge on any atom is 0.223 e.